The molecule has 3 heterocycles. The molecule has 1 aliphatic rings. The number of furan rings is 1. The van der Waals surface area contributed by atoms with Gasteiger partial charge in [-0.1, -0.05) is 27.1 Å². The van der Waals surface area contributed by atoms with Crippen molar-refractivity contribution in [1.29, 1.82) is 0 Å². The van der Waals surface area contributed by atoms with Crippen LogP contribution in [0.1, 0.15) is 26.5 Å². The Hall–Kier alpha value is -3.57. The van der Waals surface area contributed by atoms with Crippen molar-refractivity contribution in [1.82, 2.24) is 19.7 Å². The van der Waals surface area contributed by atoms with E-state index in [4.69, 9.17) is 13.9 Å². The Morgan fingerprint density at radius 3 is 2.14 bits per heavy atom. The van der Waals surface area contributed by atoms with Crippen LogP contribution in [0, 0.1) is 6.92 Å². The van der Waals surface area contributed by atoms with Gasteiger partial charge in [0.25, 0.3) is 11.8 Å². The van der Waals surface area contributed by atoms with Gasteiger partial charge in [0.1, 0.15) is 22.9 Å². The average Bonchev–Trinajstić information content (AvgIpc) is 3.68. The normalized spacial score (nSPS) is 13.0. The summed E-state index contributed by atoms with van der Waals surface area (Å²) in [6.45, 7) is 1.48. The van der Waals surface area contributed by atoms with Crippen molar-refractivity contribution in [2.45, 2.75) is 6.92 Å². The van der Waals surface area contributed by atoms with E-state index < -0.39 is 27.6 Å². The van der Waals surface area contributed by atoms with Crippen molar-refractivity contribution in [3.8, 4) is 28.8 Å². The molecule has 1 aliphatic heterocycles. The van der Waals surface area contributed by atoms with E-state index in [0.29, 0.717) is 34.5 Å². The third kappa shape index (κ3) is 5.47. The van der Waals surface area contributed by atoms with Crippen LogP contribution < -0.4 is 13.8 Å². The van der Waals surface area contributed by atoms with E-state index in [1.165, 1.54) is 27.7 Å². The minimum atomic E-state index is -4.17. The van der Waals surface area contributed by atoms with E-state index in [9.17, 15) is 18.0 Å². The number of carbonyl (C=O) groups is 2. The minimum Gasteiger partial charge on any atom is -0.494 e. The van der Waals surface area contributed by atoms with Crippen molar-refractivity contribution < 1.29 is 31.9 Å². The Morgan fingerprint density at radius 1 is 0.952 bits per heavy atom. The van der Waals surface area contributed by atoms with E-state index in [0.717, 1.165) is 9.21 Å². The van der Waals surface area contributed by atoms with Gasteiger partial charge in [0.2, 0.25) is 21.8 Å². The number of aromatic nitrogens is 3. The van der Waals surface area contributed by atoms with Gasteiger partial charge in [-0.25, -0.2) is 12.7 Å². The lowest BCUT2D eigenvalue weighted by Gasteiger charge is -2.25. The summed E-state index contributed by atoms with van der Waals surface area (Å²) in [4.78, 5) is 26.8. The Balaban J connectivity index is 1.59. The van der Waals surface area contributed by atoms with Crippen molar-refractivity contribution in [2.24, 2.45) is 0 Å². The smallest absolute Gasteiger partial charge is 0.261 e. The largest absolute Gasteiger partial charge is 0.494 e. The molecule has 0 N–H and O–H groups in total. The zero-order valence-corrected chi connectivity index (χ0v) is 26.6. The fraction of sp³-hybridized carbons (Fsp3) is 0.259. The molecule has 220 valence electrons. The lowest BCUT2D eigenvalue weighted by molar-refractivity contribution is 0.0664. The molecule has 2 aromatic heterocycles. The van der Waals surface area contributed by atoms with Gasteiger partial charge in [-0.05, 0) is 64.5 Å². The van der Waals surface area contributed by atoms with Crippen LogP contribution in [0.4, 0.5) is 5.95 Å². The van der Waals surface area contributed by atoms with Gasteiger partial charge in [0.05, 0.1) is 31.1 Å². The van der Waals surface area contributed by atoms with Crippen molar-refractivity contribution >= 4 is 57.9 Å². The fourth-order valence-corrected chi connectivity index (χ4v) is 6.98. The molecule has 4 aromatic rings. The summed E-state index contributed by atoms with van der Waals surface area (Å²) in [6, 6.07) is 15.0. The number of hydrogen-bond donors (Lipinski definition) is 0. The molecule has 0 unspecified atom stereocenters. The number of para-hydroxylation sites is 1. The van der Waals surface area contributed by atoms with Gasteiger partial charge in [0.15, 0.2) is 5.76 Å². The van der Waals surface area contributed by atoms with Crippen LogP contribution in [0.15, 0.2) is 59.0 Å². The molecular weight excluding hydrogens is 697 g/mol. The molecule has 15 heteroatoms. The number of fused-ring (bicyclic) bond motifs is 1. The molecule has 0 spiro atoms. The molecule has 0 bridgehead atoms. The third-order valence-corrected chi connectivity index (χ3v) is 9.99. The summed E-state index contributed by atoms with van der Waals surface area (Å²) < 4.78 is 47.8. The number of carbonyl (C=O) groups excluding carboxylic acids is 2. The third-order valence-electron chi connectivity index (χ3n) is 6.61. The van der Waals surface area contributed by atoms with Gasteiger partial charge < -0.3 is 13.9 Å². The van der Waals surface area contributed by atoms with Gasteiger partial charge in [-0.2, -0.15) is 0 Å². The van der Waals surface area contributed by atoms with Crippen LogP contribution in [0.3, 0.4) is 0 Å². The number of imide groups is 1. The van der Waals surface area contributed by atoms with Crippen LogP contribution in [-0.4, -0.2) is 78.7 Å². The summed E-state index contributed by atoms with van der Waals surface area (Å²) in [7, 11) is 0.229. The topological polar surface area (TPSA) is 137 Å². The number of hydrogen-bond acceptors (Lipinski definition) is 10. The first-order valence-electron chi connectivity index (χ1n) is 12.6. The molecule has 0 saturated heterocycles. The number of benzene rings is 2. The maximum Gasteiger partial charge on any atom is 0.261 e. The van der Waals surface area contributed by atoms with E-state index in [2.05, 4.69) is 31.4 Å². The Morgan fingerprint density at radius 2 is 1.60 bits per heavy atom. The number of rotatable bonds is 12. The number of methoxy groups -OCH3 is 2. The number of nitrogens with zero attached hydrogens (tertiary/aromatic N) is 5. The predicted octanol–water partition coefficient (Wildman–Crippen LogP) is 4.37. The van der Waals surface area contributed by atoms with Crippen LogP contribution in [0.25, 0.3) is 17.3 Å². The highest BCUT2D eigenvalue weighted by molar-refractivity contribution is 14.2. The molecule has 42 heavy (non-hydrogen) atoms. The first-order valence-corrected chi connectivity index (χ1v) is 17.8. The summed E-state index contributed by atoms with van der Waals surface area (Å²) in [6.07, 6.45) is 0. The van der Waals surface area contributed by atoms with Crippen LogP contribution in [-0.2, 0) is 10.0 Å². The molecule has 2 amide bonds. The second kappa shape index (κ2) is 12.3. The number of halogens is 1. The summed E-state index contributed by atoms with van der Waals surface area (Å²) >= 11 is 2.09. The second-order valence-electron chi connectivity index (χ2n) is 9.09. The highest BCUT2D eigenvalue weighted by Gasteiger charge is 2.38. The molecule has 0 fully saturated rings. The number of amides is 2. The lowest BCUT2D eigenvalue weighted by atomic mass is 10.1. The molecule has 0 atom stereocenters. The van der Waals surface area contributed by atoms with E-state index in [1.807, 2.05) is 0 Å². The van der Waals surface area contributed by atoms with E-state index >= 15 is 0 Å². The van der Waals surface area contributed by atoms with E-state index in [-0.39, 0.29) is 36.0 Å². The molecule has 5 rings (SSSR count). The first-order chi connectivity index (χ1) is 20.2. The van der Waals surface area contributed by atoms with E-state index in [1.54, 1.807) is 61.5 Å². The Labute approximate surface area is 258 Å². The highest BCUT2D eigenvalue weighted by atomic mass is 127. The first kappa shape index (κ1) is 29.9. The van der Waals surface area contributed by atoms with Crippen molar-refractivity contribution in [3.63, 3.8) is 0 Å². The molecule has 0 radical (unpaired) electrons. The maximum atomic E-state index is 14.0. The second-order valence-corrected chi connectivity index (χ2v) is 13.6. The van der Waals surface area contributed by atoms with Gasteiger partial charge >= 0.3 is 0 Å². The van der Waals surface area contributed by atoms with Gasteiger partial charge in [-0.15, -0.1) is 10.2 Å². The fourth-order valence-electron chi connectivity index (χ4n) is 4.65. The Bertz CT molecular complexity index is 1700. The zero-order chi connectivity index (χ0) is 30.0. The van der Waals surface area contributed by atoms with Gasteiger partial charge in [0, 0.05) is 18.8 Å². The molecular formula is C27H26IN5O7S2. The Kier molecular flexibility index (Phi) is 8.79. The summed E-state index contributed by atoms with van der Waals surface area (Å²) in [5, 5.41) is 8.65. The standard InChI is InChI=1S/C27H26IN5O7S2/c1-17-11-12-22(40-17)24-29-30-27(33(24)23-20(38-2)9-6-10-21(23)39-3)32(13-15-41-28)42(36,37)16-14-31-25(34)18-7-4-5-8-19(18)26(31)35/h4-12H,13-16H2,1-3H3. The minimum absolute atomic E-state index is 0.0326. The molecule has 0 aliphatic carbocycles. The monoisotopic (exact) mass is 723 g/mol. The molecule has 0 saturated carbocycles. The van der Waals surface area contributed by atoms with Crippen LogP contribution in [0.2, 0.25) is 0 Å². The summed E-state index contributed by atoms with van der Waals surface area (Å²) in [5.41, 5.74) is 0.869. The van der Waals surface area contributed by atoms with Crippen LogP contribution in [0.5, 0.6) is 11.5 Å². The SMILES string of the molecule is COc1cccc(OC)c1-n1c(-c2ccc(C)o2)nnc1N(CCSI)S(=O)(=O)CCN1C(=O)c2ccccc2C1=O. The van der Waals surface area contributed by atoms with Crippen molar-refractivity contribution in [2.75, 3.05) is 43.1 Å². The summed E-state index contributed by atoms with van der Waals surface area (Å²) in [5.74, 6) is 0.755. The maximum absolute atomic E-state index is 14.0. The quantitative estimate of drug-likeness (QED) is 0.153. The lowest BCUT2D eigenvalue weighted by Crippen LogP contribution is -2.41. The highest BCUT2D eigenvalue weighted by Crippen LogP contribution is 2.39. The van der Waals surface area contributed by atoms with Crippen LogP contribution >= 0.6 is 30.1 Å². The molecule has 2 aromatic carbocycles. The predicted molar refractivity (Wildman–Crippen MR) is 166 cm³/mol. The van der Waals surface area contributed by atoms with Crippen molar-refractivity contribution in [3.05, 3.63) is 71.5 Å². The number of ether oxygens (including phenoxy) is 2. The number of sulfonamides is 1. The average molecular weight is 724 g/mol. The number of aryl methyl sites for hydroxylation is 1. The molecule has 12 nitrogen and oxygen atoms in total. The number of anilines is 1. The zero-order valence-electron chi connectivity index (χ0n) is 22.8. The van der Waals surface area contributed by atoms with Gasteiger partial charge in [-0.3, -0.25) is 19.1 Å².